The number of nitrogens with one attached hydrogen (secondary N) is 1. The van der Waals surface area contributed by atoms with E-state index in [0.29, 0.717) is 23.0 Å². The van der Waals surface area contributed by atoms with Gasteiger partial charge in [-0.15, -0.1) is 0 Å². The van der Waals surface area contributed by atoms with E-state index in [9.17, 15) is 4.79 Å². The fourth-order valence-electron chi connectivity index (χ4n) is 1.84. The molecule has 0 unspecified atom stereocenters. The Morgan fingerprint density at radius 3 is 2.89 bits per heavy atom. The van der Waals surface area contributed by atoms with Crippen LogP contribution in [0, 0.1) is 6.92 Å². The number of rotatable bonds is 2. The number of carbonyl (C=O) groups is 1. The van der Waals surface area contributed by atoms with Crippen LogP contribution < -0.4 is 5.73 Å². The molecule has 0 bridgehead atoms. The number of aryl methyl sites for hydroxylation is 1. The maximum absolute atomic E-state index is 11.6. The Morgan fingerprint density at radius 1 is 1.39 bits per heavy atom. The molecule has 3 rings (SSSR count). The van der Waals surface area contributed by atoms with E-state index in [4.69, 9.17) is 5.73 Å². The molecule has 0 saturated heterocycles. The number of aromatic nitrogens is 5. The number of primary amides is 1. The number of imidazole rings is 1. The smallest absolute Gasteiger partial charge is 0.268 e. The second kappa shape index (κ2) is 3.66. The molecule has 1 amide bonds. The van der Waals surface area contributed by atoms with Crippen LogP contribution >= 0.6 is 0 Å². The number of amides is 1. The lowest BCUT2D eigenvalue weighted by Crippen LogP contribution is -2.15. The third-order valence-corrected chi connectivity index (χ3v) is 2.57. The molecule has 0 aliphatic carbocycles. The molecule has 0 spiro atoms. The first-order chi connectivity index (χ1) is 8.66. The summed E-state index contributed by atoms with van der Waals surface area (Å²) < 4.78 is 1.63. The van der Waals surface area contributed by atoms with Gasteiger partial charge in [0, 0.05) is 6.20 Å². The van der Waals surface area contributed by atoms with Gasteiger partial charge in [-0.05, 0) is 19.1 Å². The molecule has 18 heavy (non-hydrogen) atoms. The normalized spacial score (nSPS) is 10.9. The van der Waals surface area contributed by atoms with Crippen LogP contribution in [0.3, 0.4) is 0 Å². The van der Waals surface area contributed by atoms with Crippen molar-refractivity contribution in [3.63, 3.8) is 0 Å². The van der Waals surface area contributed by atoms with Crippen molar-refractivity contribution in [1.82, 2.24) is 24.6 Å². The van der Waals surface area contributed by atoms with Crippen LogP contribution in [-0.2, 0) is 0 Å². The molecule has 0 aliphatic heterocycles. The molecule has 0 aromatic carbocycles. The fourth-order valence-corrected chi connectivity index (χ4v) is 1.84. The summed E-state index contributed by atoms with van der Waals surface area (Å²) >= 11 is 0. The van der Waals surface area contributed by atoms with Crippen LogP contribution in [-0.4, -0.2) is 30.5 Å². The Morgan fingerprint density at radius 2 is 2.22 bits per heavy atom. The van der Waals surface area contributed by atoms with Gasteiger partial charge in [0.2, 0.25) is 5.82 Å². The summed E-state index contributed by atoms with van der Waals surface area (Å²) in [6.45, 7) is 1.77. The zero-order chi connectivity index (χ0) is 12.7. The Balaban J connectivity index is 2.34. The van der Waals surface area contributed by atoms with E-state index in [1.165, 1.54) is 0 Å². The second-order valence-electron chi connectivity index (χ2n) is 3.85. The number of hydrogen-bond donors (Lipinski definition) is 2. The zero-order valence-electron chi connectivity index (χ0n) is 9.58. The summed E-state index contributed by atoms with van der Waals surface area (Å²) in [7, 11) is 0. The summed E-state index contributed by atoms with van der Waals surface area (Å²) in [5, 5.41) is 6.72. The summed E-state index contributed by atoms with van der Waals surface area (Å²) in [5.41, 5.74) is 6.70. The van der Waals surface area contributed by atoms with Crippen molar-refractivity contribution >= 4 is 11.6 Å². The van der Waals surface area contributed by atoms with Crippen molar-refractivity contribution in [2.45, 2.75) is 6.92 Å². The average molecular weight is 242 g/mol. The predicted octanol–water partition coefficient (Wildman–Crippen LogP) is 0.527. The minimum Gasteiger partial charge on any atom is -0.364 e. The molecule has 90 valence electrons. The van der Waals surface area contributed by atoms with Crippen LogP contribution in [0.25, 0.3) is 17.2 Å². The van der Waals surface area contributed by atoms with Gasteiger partial charge in [-0.25, -0.2) is 9.97 Å². The SMILES string of the molecule is Cc1nc(-c2nc3ccccn3c2C(N)=O)n[nH]1. The van der Waals surface area contributed by atoms with Gasteiger partial charge in [0.1, 0.15) is 22.9 Å². The molecule has 0 fully saturated rings. The minimum absolute atomic E-state index is 0.282. The Kier molecular flexibility index (Phi) is 2.12. The standard InChI is InChI=1S/C11H10N6O/c1-6-13-11(16-15-6)8-9(10(12)18)17-5-3-2-4-7(17)14-8/h2-5H,1H3,(H2,12,18)(H,13,15,16). The third-order valence-electron chi connectivity index (χ3n) is 2.57. The van der Waals surface area contributed by atoms with Crippen LogP contribution in [0.4, 0.5) is 0 Å². The highest BCUT2D eigenvalue weighted by Gasteiger charge is 2.20. The largest absolute Gasteiger partial charge is 0.364 e. The minimum atomic E-state index is -0.564. The molecule has 0 radical (unpaired) electrons. The first kappa shape index (κ1) is 10.5. The lowest BCUT2D eigenvalue weighted by atomic mass is 10.3. The van der Waals surface area contributed by atoms with Gasteiger partial charge >= 0.3 is 0 Å². The molecule has 0 saturated carbocycles. The highest BCUT2D eigenvalue weighted by molar-refractivity contribution is 5.97. The van der Waals surface area contributed by atoms with Crippen molar-refractivity contribution < 1.29 is 4.79 Å². The lowest BCUT2D eigenvalue weighted by molar-refractivity contribution is 0.0995. The van der Waals surface area contributed by atoms with Crippen molar-refractivity contribution in [3.05, 3.63) is 35.9 Å². The maximum atomic E-state index is 11.6. The van der Waals surface area contributed by atoms with E-state index in [1.54, 1.807) is 29.7 Å². The topological polar surface area (TPSA) is 102 Å². The van der Waals surface area contributed by atoms with Crippen molar-refractivity contribution in [1.29, 1.82) is 0 Å². The molecule has 3 aromatic rings. The number of fused-ring (bicyclic) bond motifs is 1. The van der Waals surface area contributed by atoms with E-state index in [2.05, 4.69) is 20.2 Å². The molecule has 7 nitrogen and oxygen atoms in total. The van der Waals surface area contributed by atoms with E-state index < -0.39 is 5.91 Å². The van der Waals surface area contributed by atoms with Crippen molar-refractivity contribution in [3.8, 4) is 11.5 Å². The molecule has 0 atom stereocenters. The zero-order valence-corrected chi connectivity index (χ0v) is 9.58. The molecular weight excluding hydrogens is 232 g/mol. The average Bonchev–Trinajstić information content (AvgIpc) is 2.91. The number of aromatic amines is 1. The summed E-state index contributed by atoms with van der Waals surface area (Å²) in [6.07, 6.45) is 1.73. The maximum Gasteiger partial charge on any atom is 0.268 e. The van der Waals surface area contributed by atoms with Gasteiger partial charge in [0.25, 0.3) is 5.91 Å². The Labute approximate surface area is 102 Å². The van der Waals surface area contributed by atoms with Gasteiger partial charge in [-0.2, -0.15) is 5.10 Å². The third kappa shape index (κ3) is 1.45. The Bertz CT molecular complexity index is 741. The van der Waals surface area contributed by atoms with Gasteiger partial charge in [0.15, 0.2) is 0 Å². The molecular formula is C11H10N6O. The van der Waals surface area contributed by atoms with E-state index in [-0.39, 0.29) is 5.69 Å². The fraction of sp³-hybridized carbons (Fsp3) is 0.0909. The van der Waals surface area contributed by atoms with Crippen molar-refractivity contribution in [2.24, 2.45) is 5.73 Å². The summed E-state index contributed by atoms with van der Waals surface area (Å²) in [6, 6.07) is 5.42. The van der Waals surface area contributed by atoms with Crippen LogP contribution in [0.5, 0.6) is 0 Å². The van der Waals surface area contributed by atoms with E-state index in [0.717, 1.165) is 0 Å². The monoisotopic (exact) mass is 242 g/mol. The molecule has 7 heteroatoms. The number of H-pyrrole nitrogens is 1. The predicted molar refractivity (Wildman–Crippen MR) is 63.8 cm³/mol. The summed E-state index contributed by atoms with van der Waals surface area (Å²) in [4.78, 5) is 20.1. The first-order valence-corrected chi connectivity index (χ1v) is 5.33. The van der Waals surface area contributed by atoms with Gasteiger partial charge in [-0.3, -0.25) is 14.3 Å². The van der Waals surface area contributed by atoms with Gasteiger partial charge in [0.05, 0.1) is 0 Å². The van der Waals surface area contributed by atoms with Crippen molar-refractivity contribution in [2.75, 3.05) is 0 Å². The number of nitrogens with zero attached hydrogens (tertiary/aromatic N) is 4. The van der Waals surface area contributed by atoms with Crippen LogP contribution in [0.1, 0.15) is 16.3 Å². The molecule has 3 heterocycles. The molecule has 0 aliphatic rings. The summed E-state index contributed by atoms with van der Waals surface area (Å²) in [5.74, 6) is 0.452. The number of nitrogens with two attached hydrogens (primary N) is 1. The quantitative estimate of drug-likeness (QED) is 0.684. The highest BCUT2D eigenvalue weighted by atomic mass is 16.1. The van der Waals surface area contributed by atoms with Crippen LogP contribution in [0.15, 0.2) is 24.4 Å². The van der Waals surface area contributed by atoms with Gasteiger partial charge in [-0.1, -0.05) is 6.07 Å². The number of pyridine rings is 1. The number of carbonyl (C=O) groups excluding carboxylic acids is 1. The Hall–Kier alpha value is -2.70. The molecule has 3 N–H and O–H groups in total. The van der Waals surface area contributed by atoms with E-state index >= 15 is 0 Å². The number of hydrogen-bond acceptors (Lipinski definition) is 4. The van der Waals surface area contributed by atoms with E-state index in [1.807, 2.05) is 6.07 Å². The highest BCUT2D eigenvalue weighted by Crippen LogP contribution is 2.20. The van der Waals surface area contributed by atoms with Crippen LogP contribution in [0.2, 0.25) is 0 Å². The second-order valence-corrected chi connectivity index (χ2v) is 3.85. The first-order valence-electron chi connectivity index (χ1n) is 5.33. The van der Waals surface area contributed by atoms with Gasteiger partial charge < -0.3 is 5.73 Å². The molecule has 3 aromatic heterocycles. The lowest BCUT2D eigenvalue weighted by Gasteiger charge is -1.97.